The van der Waals surface area contributed by atoms with Crippen molar-refractivity contribution < 1.29 is 9.59 Å². The fraction of sp³-hybridized carbons (Fsp3) is 0.857. The van der Waals surface area contributed by atoms with E-state index in [2.05, 4.69) is 31.4 Å². The first-order valence-corrected chi connectivity index (χ1v) is 7.21. The highest BCUT2D eigenvalue weighted by Crippen LogP contribution is 2.27. The van der Waals surface area contributed by atoms with Gasteiger partial charge in [0.1, 0.15) is 0 Å². The molecule has 5 nitrogen and oxygen atoms in total. The van der Waals surface area contributed by atoms with Gasteiger partial charge in [0.05, 0.1) is 12.0 Å². The van der Waals surface area contributed by atoms with E-state index in [1.54, 1.807) is 0 Å². The van der Waals surface area contributed by atoms with Crippen LogP contribution in [-0.2, 0) is 9.59 Å². The number of piperidine rings is 1. The number of hydrogen-bond acceptors (Lipinski definition) is 3. The summed E-state index contributed by atoms with van der Waals surface area (Å²) in [6.07, 6.45) is 2.36. The maximum absolute atomic E-state index is 12.3. The van der Waals surface area contributed by atoms with Crippen LogP contribution in [-0.4, -0.2) is 47.9 Å². The first-order chi connectivity index (χ1) is 8.88. The minimum Gasteiger partial charge on any atom is -0.354 e. The lowest BCUT2D eigenvalue weighted by atomic mass is 9.91. The Morgan fingerprint density at radius 2 is 2.21 bits per heavy atom. The predicted octanol–water partition coefficient (Wildman–Crippen LogP) is 0.502. The number of hydrogen-bond donors (Lipinski definition) is 2. The molecular weight excluding hydrogens is 242 g/mol. The van der Waals surface area contributed by atoms with Gasteiger partial charge in [-0.15, -0.1) is 0 Å². The number of carbonyl (C=O) groups excluding carboxylic acids is 2. The van der Waals surface area contributed by atoms with Crippen molar-refractivity contribution in [3.05, 3.63) is 0 Å². The molecule has 0 aliphatic carbocycles. The highest BCUT2D eigenvalue weighted by atomic mass is 16.2. The van der Waals surface area contributed by atoms with E-state index in [1.807, 2.05) is 4.90 Å². The number of likely N-dealkylation sites (tertiary alicyclic amines) is 1. The molecule has 5 heteroatoms. The first-order valence-electron chi connectivity index (χ1n) is 7.21. The van der Waals surface area contributed by atoms with E-state index in [1.165, 1.54) is 0 Å². The van der Waals surface area contributed by atoms with Crippen LogP contribution in [0.15, 0.2) is 0 Å². The SMILES string of the molecule is CC(C)(C)NCCC(=O)N1CCCC2C(=O)NCC21. The summed E-state index contributed by atoms with van der Waals surface area (Å²) < 4.78 is 0. The van der Waals surface area contributed by atoms with Gasteiger partial charge in [0.2, 0.25) is 11.8 Å². The van der Waals surface area contributed by atoms with Crippen molar-refractivity contribution >= 4 is 11.8 Å². The Bertz CT molecular complexity index is 362. The lowest BCUT2D eigenvalue weighted by molar-refractivity contribution is -0.136. The van der Waals surface area contributed by atoms with E-state index < -0.39 is 0 Å². The predicted molar refractivity (Wildman–Crippen MR) is 73.6 cm³/mol. The second kappa shape index (κ2) is 5.49. The van der Waals surface area contributed by atoms with Gasteiger partial charge in [0.25, 0.3) is 0 Å². The number of nitrogens with zero attached hydrogens (tertiary/aromatic N) is 1. The van der Waals surface area contributed by atoms with E-state index in [0.29, 0.717) is 19.5 Å². The normalized spacial score (nSPS) is 27.1. The molecule has 0 aromatic rings. The molecule has 2 amide bonds. The molecule has 0 spiro atoms. The van der Waals surface area contributed by atoms with Crippen LogP contribution in [0.2, 0.25) is 0 Å². The Labute approximate surface area is 115 Å². The summed E-state index contributed by atoms with van der Waals surface area (Å²) in [7, 11) is 0. The highest BCUT2D eigenvalue weighted by Gasteiger charge is 2.42. The van der Waals surface area contributed by atoms with Crippen molar-refractivity contribution in [2.75, 3.05) is 19.6 Å². The van der Waals surface area contributed by atoms with Crippen LogP contribution >= 0.6 is 0 Å². The monoisotopic (exact) mass is 267 g/mol. The van der Waals surface area contributed by atoms with Gasteiger partial charge in [-0.2, -0.15) is 0 Å². The number of carbonyl (C=O) groups is 2. The van der Waals surface area contributed by atoms with Crippen molar-refractivity contribution in [2.24, 2.45) is 5.92 Å². The first kappa shape index (κ1) is 14.3. The molecule has 2 rings (SSSR count). The molecule has 108 valence electrons. The van der Waals surface area contributed by atoms with Gasteiger partial charge >= 0.3 is 0 Å². The maximum atomic E-state index is 12.3. The van der Waals surface area contributed by atoms with Gasteiger partial charge in [-0.3, -0.25) is 9.59 Å². The Morgan fingerprint density at radius 1 is 1.47 bits per heavy atom. The molecular formula is C14H25N3O2. The third kappa shape index (κ3) is 3.47. The summed E-state index contributed by atoms with van der Waals surface area (Å²) in [4.78, 5) is 25.9. The van der Waals surface area contributed by atoms with Gasteiger partial charge in [-0.1, -0.05) is 0 Å². The van der Waals surface area contributed by atoms with Crippen molar-refractivity contribution in [3.8, 4) is 0 Å². The van der Waals surface area contributed by atoms with E-state index in [9.17, 15) is 9.59 Å². The maximum Gasteiger partial charge on any atom is 0.225 e. The van der Waals surface area contributed by atoms with Crippen LogP contribution in [0, 0.1) is 5.92 Å². The van der Waals surface area contributed by atoms with Crippen molar-refractivity contribution in [2.45, 2.75) is 51.6 Å². The Balaban J connectivity index is 1.86. The third-order valence-corrected chi connectivity index (χ3v) is 3.92. The van der Waals surface area contributed by atoms with Gasteiger partial charge < -0.3 is 15.5 Å². The Morgan fingerprint density at radius 3 is 2.89 bits per heavy atom. The molecule has 0 aromatic carbocycles. The Hall–Kier alpha value is -1.10. The topological polar surface area (TPSA) is 61.4 Å². The molecule has 2 aliphatic heterocycles. The molecule has 2 heterocycles. The summed E-state index contributed by atoms with van der Waals surface area (Å²) in [6.45, 7) is 8.39. The van der Waals surface area contributed by atoms with Crippen molar-refractivity contribution in [1.29, 1.82) is 0 Å². The zero-order valence-electron chi connectivity index (χ0n) is 12.2. The molecule has 0 radical (unpaired) electrons. The summed E-state index contributed by atoms with van der Waals surface area (Å²) in [5.41, 5.74) is 0.0373. The number of fused-ring (bicyclic) bond motifs is 1. The zero-order valence-corrected chi connectivity index (χ0v) is 12.2. The molecule has 2 aliphatic rings. The highest BCUT2D eigenvalue weighted by molar-refractivity contribution is 5.84. The van der Waals surface area contributed by atoms with E-state index in [-0.39, 0.29) is 29.3 Å². The smallest absolute Gasteiger partial charge is 0.225 e. The standard InChI is InChI=1S/C14H25N3O2/c1-14(2,3)16-7-6-12(18)17-8-4-5-10-11(17)9-15-13(10)19/h10-11,16H,4-9H2,1-3H3,(H,15,19). The second-order valence-corrected chi connectivity index (χ2v) is 6.58. The molecule has 2 unspecified atom stereocenters. The zero-order chi connectivity index (χ0) is 14.0. The van der Waals surface area contributed by atoms with Crippen molar-refractivity contribution in [1.82, 2.24) is 15.5 Å². The summed E-state index contributed by atoms with van der Waals surface area (Å²) >= 11 is 0. The molecule has 2 atom stereocenters. The molecule has 2 N–H and O–H groups in total. The fourth-order valence-corrected chi connectivity index (χ4v) is 2.95. The largest absolute Gasteiger partial charge is 0.354 e. The molecule has 19 heavy (non-hydrogen) atoms. The quantitative estimate of drug-likeness (QED) is 0.783. The summed E-state index contributed by atoms with van der Waals surface area (Å²) in [6, 6.07) is 0.0865. The molecule has 0 bridgehead atoms. The third-order valence-electron chi connectivity index (χ3n) is 3.92. The molecule has 0 aromatic heterocycles. The van der Waals surface area contributed by atoms with Gasteiger partial charge in [-0.05, 0) is 33.6 Å². The number of nitrogens with one attached hydrogen (secondary N) is 2. The fourth-order valence-electron chi connectivity index (χ4n) is 2.95. The minimum atomic E-state index is 0.0216. The van der Waals surface area contributed by atoms with Crippen LogP contribution < -0.4 is 10.6 Å². The van der Waals surface area contributed by atoms with Crippen LogP contribution in [0.3, 0.4) is 0 Å². The Kier molecular flexibility index (Phi) is 4.13. The van der Waals surface area contributed by atoms with Gasteiger partial charge in [-0.25, -0.2) is 0 Å². The van der Waals surface area contributed by atoms with Crippen LogP contribution in [0.25, 0.3) is 0 Å². The molecule has 2 saturated heterocycles. The summed E-state index contributed by atoms with van der Waals surface area (Å²) in [5.74, 6) is 0.312. The summed E-state index contributed by atoms with van der Waals surface area (Å²) in [5, 5.41) is 6.21. The minimum absolute atomic E-state index is 0.0216. The average molecular weight is 267 g/mol. The van der Waals surface area contributed by atoms with Crippen LogP contribution in [0.5, 0.6) is 0 Å². The average Bonchev–Trinajstić information content (AvgIpc) is 2.69. The van der Waals surface area contributed by atoms with Crippen molar-refractivity contribution in [3.63, 3.8) is 0 Å². The van der Waals surface area contributed by atoms with E-state index >= 15 is 0 Å². The lowest BCUT2D eigenvalue weighted by Gasteiger charge is -2.36. The van der Waals surface area contributed by atoms with Crippen LogP contribution in [0.4, 0.5) is 0 Å². The van der Waals surface area contributed by atoms with Gasteiger partial charge in [0.15, 0.2) is 0 Å². The van der Waals surface area contributed by atoms with Gasteiger partial charge in [0, 0.05) is 31.6 Å². The number of amides is 2. The molecule has 2 fully saturated rings. The molecule has 0 saturated carbocycles. The second-order valence-electron chi connectivity index (χ2n) is 6.58. The number of rotatable bonds is 3. The van der Waals surface area contributed by atoms with E-state index in [0.717, 1.165) is 19.4 Å². The lowest BCUT2D eigenvalue weighted by Crippen LogP contribution is -2.49. The van der Waals surface area contributed by atoms with Crippen LogP contribution in [0.1, 0.15) is 40.0 Å². The van der Waals surface area contributed by atoms with E-state index in [4.69, 9.17) is 0 Å².